The number of hydrogen-bond acceptors (Lipinski definition) is 4. The van der Waals surface area contributed by atoms with Gasteiger partial charge in [0.2, 0.25) is 0 Å². The monoisotopic (exact) mass is 527 g/mol. The minimum atomic E-state index is -0.0605. The average Bonchev–Trinajstić information content (AvgIpc) is 3.27. The maximum atomic E-state index is 12.1. The molecule has 0 atom stereocenters. The van der Waals surface area contributed by atoms with E-state index in [4.69, 9.17) is 0 Å². The highest BCUT2D eigenvalue weighted by atomic mass is 127. The van der Waals surface area contributed by atoms with Gasteiger partial charge in [-0.05, 0) is 49.4 Å². The van der Waals surface area contributed by atoms with Gasteiger partial charge >= 0.3 is 0 Å². The molecular weight excluding hydrogens is 497 g/mol. The summed E-state index contributed by atoms with van der Waals surface area (Å²) in [5.74, 6) is 0.765. The lowest BCUT2D eigenvalue weighted by Gasteiger charge is -2.33. The van der Waals surface area contributed by atoms with Crippen molar-refractivity contribution in [3.8, 4) is 0 Å². The summed E-state index contributed by atoms with van der Waals surface area (Å²) in [4.78, 5) is 19.1. The fourth-order valence-corrected chi connectivity index (χ4v) is 4.02. The number of aliphatic imine (C=N–C) groups is 1. The number of thiophene rings is 1. The molecule has 1 aliphatic rings. The van der Waals surface area contributed by atoms with Crippen LogP contribution in [0.4, 0.5) is 5.00 Å². The van der Waals surface area contributed by atoms with E-state index in [1.54, 1.807) is 11.3 Å². The maximum Gasteiger partial charge on any atom is 0.251 e. The van der Waals surface area contributed by atoms with Crippen molar-refractivity contribution >= 4 is 52.2 Å². The van der Waals surface area contributed by atoms with Gasteiger partial charge in [0.05, 0.1) is 11.5 Å². The summed E-state index contributed by atoms with van der Waals surface area (Å²) in [6, 6.07) is 14.0. The predicted molar refractivity (Wildman–Crippen MR) is 133 cm³/mol. The Morgan fingerprint density at radius 1 is 1.14 bits per heavy atom. The first-order valence-corrected chi connectivity index (χ1v) is 10.8. The van der Waals surface area contributed by atoms with E-state index in [1.165, 1.54) is 5.00 Å². The normalized spacial score (nSPS) is 14.8. The summed E-state index contributed by atoms with van der Waals surface area (Å²) in [6.07, 6.45) is 2.18. The minimum absolute atomic E-state index is 0. The fraction of sp³-hybridized carbons (Fsp3) is 0.429. The molecule has 0 spiro atoms. The first-order valence-electron chi connectivity index (χ1n) is 9.93. The van der Waals surface area contributed by atoms with Crippen LogP contribution in [0.2, 0.25) is 0 Å². The van der Waals surface area contributed by atoms with Gasteiger partial charge in [-0.25, -0.2) is 0 Å². The number of anilines is 1. The molecule has 29 heavy (non-hydrogen) atoms. The lowest BCUT2D eigenvalue weighted by Crippen LogP contribution is -2.48. The van der Waals surface area contributed by atoms with Gasteiger partial charge < -0.3 is 20.9 Å². The Morgan fingerprint density at radius 3 is 2.55 bits per heavy atom. The number of nitrogens with zero attached hydrogens (tertiary/aromatic N) is 2. The van der Waals surface area contributed by atoms with Crippen molar-refractivity contribution in [1.82, 2.24) is 16.0 Å². The molecule has 0 aliphatic carbocycles. The van der Waals surface area contributed by atoms with Crippen molar-refractivity contribution in [2.45, 2.75) is 25.8 Å². The van der Waals surface area contributed by atoms with Crippen molar-refractivity contribution in [1.29, 1.82) is 0 Å². The number of rotatable bonds is 7. The van der Waals surface area contributed by atoms with E-state index in [9.17, 15) is 4.79 Å². The Balaban J connectivity index is 0.00000300. The Bertz CT molecular complexity index is 746. The summed E-state index contributed by atoms with van der Waals surface area (Å²) in [7, 11) is 0. The second-order valence-corrected chi connectivity index (χ2v) is 7.67. The number of carbonyl (C=O) groups excluding carboxylic acids is 1. The molecule has 1 saturated heterocycles. The van der Waals surface area contributed by atoms with Gasteiger partial charge in [-0.2, -0.15) is 0 Å². The smallest absolute Gasteiger partial charge is 0.251 e. The number of benzene rings is 1. The van der Waals surface area contributed by atoms with Crippen LogP contribution in [0.5, 0.6) is 0 Å². The molecule has 0 unspecified atom stereocenters. The molecule has 1 aromatic heterocycles. The molecule has 2 aromatic rings. The number of nitrogens with one attached hydrogen (secondary N) is 3. The van der Waals surface area contributed by atoms with Crippen LogP contribution >= 0.6 is 35.3 Å². The van der Waals surface area contributed by atoms with Gasteiger partial charge in [0.1, 0.15) is 0 Å². The van der Waals surface area contributed by atoms with Gasteiger partial charge in [-0.1, -0.05) is 18.2 Å². The maximum absolute atomic E-state index is 12.1. The second-order valence-electron chi connectivity index (χ2n) is 6.74. The zero-order valence-corrected chi connectivity index (χ0v) is 19.9. The molecule has 6 nitrogen and oxygen atoms in total. The number of guanidine groups is 1. The van der Waals surface area contributed by atoms with Crippen LogP contribution in [0.25, 0.3) is 0 Å². The molecule has 1 fully saturated rings. The number of piperidine rings is 1. The first kappa shape index (κ1) is 23.5. The van der Waals surface area contributed by atoms with E-state index in [0.29, 0.717) is 24.7 Å². The Hall–Kier alpha value is -1.81. The molecule has 1 aliphatic heterocycles. The highest BCUT2D eigenvalue weighted by Crippen LogP contribution is 2.24. The fourth-order valence-electron chi connectivity index (χ4n) is 3.24. The topological polar surface area (TPSA) is 68.8 Å². The first-order chi connectivity index (χ1) is 13.8. The molecule has 3 rings (SSSR count). The Morgan fingerprint density at radius 2 is 1.90 bits per heavy atom. The molecule has 0 saturated carbocycles. The van der Waals surface area contributed by atoms with Gasteiger partial charge in [-0.15, -0.1) is 35.3 Å². The summed E-state index contributed by atoms with van der Waals surface area (Å²) < 4.78 is 0. The van der Waals surface area contributed by atoms with Gasteiger partial charge in [-0.3, -0.25) is 9.79 Å². The lowest BCUT2D eigenvalue weighted by atomic mass is 10.1. The van der Waals surface area contributed by atoms with Crippen molar-refractivity contribution in [3.05, 3.63) is 53.4 Å². The zero-order chi connectivity index (χ0) is 19.6. The van der Waals surface area contributed by atoms with Crippen LogP contribution in [0.3, 0.4) is 0 Å². The number of amides is 1. The highest BCUT2D eigenvalue weighted by Gasteiger charge is 2.20. The van der Waals surface area contributed by atoms with Crippen LogP contribution in [0, 0.1) is 0 Å². The molecule has 3 N–H and O–H groups in total. The largest absolute Gasteiger partial charge is 0.363 e. The molecular formula is C21H30IN5OS. The molecule has 0 bridgehead atoms. The Labute approximate surface area is 194 Å². The summed E-state index contributed by atoms with van der Waals surface area (Å²) >= 11 is 1.80. The number of hydrogen-bond donors (Lipinski definition) is 3. The van der Waals surface area contributed by atoms with E-state index in [2.05, 4.69) is 50.3 Å². The van der Waals surface area contributed by atoms with Crippen LogP contribution < -0.4 is 20.9 Å². The van der Waals surface area contributed by atoms with Crippen molar-refractivity contribution in [2.75, 3.05) is 37.6 Å². The minimum Gasteiger partial charge on any atom is -0.363 e. The van der Waals surface area contributed by atoms with E-state index >= 15 is 0 Å². The molecule has 158 valence electrons. The Kier molecular flexibility index (Phi) is 10.3. The standard InChI is InChI=1S/C21H29N5OS.HI/c1-2-22-21(24-13-12-23-20(27)17-7-4-3-5-8-17)25-18-10-14-26(15-11-18)19-9-6-16-28-19;/h3-9,16,18H,2,10-15H2,1H3,(H,23,27)(H2,22,24,25);1H. The van der Waals surface area contributed by atoms with Crippen molar-refractivity contribution in [2.24, 2.45) is 4.99 Å². The quantitative estimate of drug-likeness (QED) is 0.224. The van der Waals surface area contributed by atoms with Gasteiger partial charge in [0, 0.05) is 37.8 Å². The molecule has 0 radical (unpaired) electrons. The molecule has 1 amide bonds. The summed E-state index contributed by atoms with van der Waals surface area (Å²) in [6.45, 7) is 6.06. The lowest BCUT2D eigenvalue weighted by molar-refractivity contribution is 0.0955. The third-order valence-corrected chi connectivity index (χ3v) is 5.63. The van der Waals surface area contributed by atoms with E-state index < -0.39 is 0 Å². The molecule has 2 heterocycles. The third kappa shape index (κ3) is 7.50. The van der Waals surface area contributed by atoms with Gasteiger partial charge in [0.25, 0.3) is 5.91 Å². The van der Waals surface area contributed by atoms with Crippen LogP contribution in [0.15, 0.2) is 52.8 Å². The molecule has 8 heteroatoms. The van der Waals surface area contributed by atoms with Crippen LogP contribution in [-0.2, 0) is 0 Å². The number of halogens is 1. The summed E-state index contributed by atoms with van der Waals surface area (Å²) in [5.41, 5.74) is 0.675. The van der Waals surface area contributed by atoms with Crippen molar-refractivity contribution < 1.29 is 4.79 Å². The van der Waals surface area contributed by atoms with E-state index in [-0.39, 0.29) is 29.9 Å². The van der Waals surface area contributed by atoms with E-state index in [1.807, 2.05) is 30.3 Å². The zero-order valence-electron chi connectivity index (χ0n) is 16.8. The number of carbonyl (C=O) groups is 1. The van der Waals surface area contributed by atoms with Gasteiger partial charge in [0.15, 0.2) is 5.96 Å². The third-order valence-electron chi connectivity index (χ3n) is 4.70. The van der Waals surface area contributed by atoms with E-state index in [0.717, 1.165) is 38.4 Å². The SMILES string of the molecule is CCNC(=NCCNC(=O)c1ccccc1)NC1CCN(c2cccs2)CC1.I. The van der Waals surface area contributed by atoms with Crippen LogP contribution in [0.1, 0.15) is 30.1 Å². The van der Waals surface area contributed by atoms with Crippen molar-refractivity contribution in [3.63, 3.8) is 0 Å². The predicted octanol–water partition coefficient (Wildman–Crippen LogP) is 3.32. The second kappa shape index (κ2) is 12.7. The molecule has 1 aromatic carbocycles. The highest BCUT2D eigenvalue weighted by molar-refractivity contribution is 14.0. The summed E-state index contributed by atoms with van der Waals surface area (Å²) in [5, 5.41) is 13.2. The van der Waals surface area contributed by atoms with Crippen LogP contribution in [-0.4, -0.2) is 50.6 Å². The average molecular weight is 527 g/mol.